The van der Waals surface area contributed by atoms with Gasteiger partial charge in [0.2, 0.25) is 0 Å². The van der Waals surface area contributed by atoms with Crippen molar-refractivity contribution in [3.8, 4) is 27.3 Å². The van der Waals surface area contributed by atoms with E-state index in [0.717, 1.165) is 44.5 Å². The van der Waals surface area contributed by atoms with Crippen LogP contribution in [-0.4, -0.2) is 5.97 Å². The van der Waals surface area contributed by atoms with Crippen molar-refractivity contribution in [2.45, 2.75) is 6.61 Å². The molecule has 0 saturated carbocycles. The number of ether oxygens (including phenoxy) is 1. The standard InChI is InChI=1S/C26H19ClO3S/c27-21-11-12-24(30-17-19-4-2-1-3-5-19)23(16-21)22-14-15-31-26(22)20-9-6-18(7-10-20)8-13-25(28)29/h1-16H,17H2,(H,28,29)/p-1/b13-8+. The molecule has 4 rings (SSSR count). The number of carboxylic acid groups (broad SMARTS) is 1. The van der Waals surface area contributed by atoms with Gasteiger partial charge in [-0.15, -0.1) is 11.3 Å². The highest BCUT2D eigenvalue weighted by Crippen LogP contribution is 2.42. The van der Waals surface area contributed by atoms with Crippen LogP contribution >= 0.6 is 22.9 Å². The summed E-state index contributed by atoms with van der Waals surface area (Å²) in [5.41, 5.74) is 4.88. The highest BCUT2D eigenvalue weighted by atomic mass is 35.5. The van der Waals surface area contributed by atoms with Crippen LogP contribution in [-0.2, 0) is 11.4 Å². The lowest BCUT2D eigenvalue weighted by atomic mass is 10.0. The zero-order valence-corrected chi connectivity index (χ0v) is 18.0. The second kappa shape index (κ2) is 9.65. The molecule has 0 bridgehead atoms. The molecule has 3 nitrogen and oxygen atoms in total. The first-order valence-corrected chi connectivity index (χ1v) is 10.9. The molecule has 0 radical (unpaired) electrons. The maximum absolute atomic E-state index is 10.6. The summed E-state index contributed by atoms with van der Waals surface area (Å²) in [6, 6.07) is 25.4. The lowest BCUT2D eigenvalue weighted by Crippen LogP contribution is -2.18. The molecule has 0 aliphatic heterocycles. The predicted octanol–water partition coefficient (Wildman–Crippen LogP) is 6.08. The van der Waals surface area contributed by atoms with Crippen molar-refractivity contribution in [3.05, 3.63) is 106 Å². The van der Waals surface area contributed by atoms with E-state index in [4.69, 9.17) is 16.3 Å². The fourth-order valence-corrected chi connectivity index (χ4v) is 4.32. The first kappa shape index (κ1) is 20.9. The monoisotopic (exact) mass is 445 g/mol. The lowest BCUT2D eigenvalue weighted by Gasteiger charge is -2.13. The Morgan fingerprint density at radius 3 is 2.48 bits per heavy atom. The Hall–Kier alpha value is -3.34. The molecule has 0 amide bonds. The fourth-order valence-electron chi connectivity index (χ4n) is 3.23. The number of carbonyl (C=O) groups is 1. The maximum atomic E-state index is 10.6. The number of halogens is 1. The minimum atomic E-state index is -1.21. The van der Waals surface area contributed by atoms with Gasteiger partial charge in [0.15, 0.2) is 0 Å². The van der Waals surface area contributed by atoms with Gasteiger partial charge in [-0.3, -0.25) is 0 Å². The Morgan fingerprint density at radius 1 is 0.968 bits per heavy atom. The first-order chi connectivity index (χ1) is 15.1. The fraction of sp³-hybridized carbons (Fsp3) is 0.0385. The van der Waals surface area contributed by atoms with Crippen LogP contribution in [0.3, 0.4) is 0 Å². The van der Waals surface area contributed by atoms with Crippen LogP contribution in [0.4, 0.5) is 0 Å². The quantitative estimate of drug-likeness (QED) is 0.324. The maximum Gasteiger partial charge on any atom is 0.127 e. The van der Waals surface area contributed by atoms with E-state index in [-0.39, 0.29) is 0 Å². The van der Waals surface area contributed by atoms with E-state index in [9.17, 15) is 9.90 Å². The normalized spacial score (nSPS) is 11.0. The molecule has 0 aliphatic carbocycles. The first-order valence-electron chi connectivity index (χ1n) is 9.64. The zero-order chi connectivity index (χ0) is 21.6. The number of rotatable bonds is 7. The molecule has 31 heavy (non-hydrogen) atoms. The Labute approximate surface area is 189 Å². The van der Waals surface area contributed by atoms with Gasteiger partial charge < -0.3 is 14.6 Å². The summed E-state index contributed by atoms with van der Waals surface area (Å²) in [4.78, 5) is 11.7. The number of thiophene rings is 1. The molecule has 0 fully saturated rings. The van der Waals surface area contributed by atoms with Crippen molar-refractivity contribution < 1.29 is 14.6 Å². The van der Waals surface area contributed by atoms with Gasteiger partial charge in [-0.05, 0) is 52.4 Å². The third-order valence-corrected chi connectivity index (χ3v) is 5.92. The largest absolute Gasteiger partial charge is 0.545 e. The number of hydrogen-bond donors (Lipinski definition) is 0. The molecule has 0 atom stereocenters. The summed E-state index contributed by atoms with van der Waals surface area (Å²) in [6.45, 7) is 0.467. The molecule has 0 unspecified atom stereocenters. The zero-order valence-electron chi connectivity index (χ0n) is 16.5. The molecule has 4 aromatic rings. The van der Waals surface area contributed by atoms with E-state index in [1.165, 1.54) is 6.08 Å². The minimum Gasteiger partial charge on any atom is -0.545 e. The minimum absolute atomic E-state index is 0.467. The molecule has 5 heteroatoms. The van der Waals surface area contributed by atoms with Crippen molar-refractivity contribution in [1.29, 1.82) is 0 Å². The van der Waals surface area contributed by atoms with E-state index in [1.54, 1.807) is 11.3 Å². The van der Waals surface area contributed by atoms with Crippen LogP contribution in [0.15, 0.2) is 90.3 Å². The summed E-state index contributed by atoms with van der Waals surface area (Å²) in [7, 11) is 0. The molecule has 0 saturated heterocycles. The van der Waals surface area contributed by atoms with Crippen molar-refractivity contribution in [2.24, 2.45) is 0 Å². The van der Waals surface area contributed by atoms with Gasteiger partial charge in [0.05, 0.1) is 5.97 Å². The molecule has 1 heterocycles. The molecule has 0 aliphatic rings. The molecular formula is C26H18ClO3S-. The van der Waals surface area contributed by atoms with Gasteiger partial charge in [-0.1, -0.05) is 72.3 Å². The molecular weight excluding hydrogens is 428 g/mol. The van der Waals surface area contributed by atoms with Crippen LogP contribution in [0.25, 0.3) is 27.6 Å². The van der Waals surface area contributed by atoms with E-state index in [0.29, 0.717) is 11.6 Å². The summed E-state index contributed by atoms with van der Waals surface area (Å²) in [5.74, 6) is -0.449. The Bertz CT molecular complexity index is 1210. The lowest BCUT2D eigenvalue weighted by molar-refractivity contribution is -0.297. The SMILES string of the molecule is O=C([O-])/C=C/c1ccc(-c2sccc2-c2cc(Cl)ccc2OCc2ccccc2)cc1. The highest BCUT2D eigenvalue weighted by Gasteiger charge is 2.14. The third kappa shape index (κ3) is 5.23. The molecule has 0 N–H and O–H groups in total. The van der Waals surface area contributed by atoms with Crippen molar-refractivity contribution in [3.63, 3.8) is 0 Å². The van der Waals surface area contributed by atoms with E-state index in [2.05, 4.69) is 6.07 Å². The smallest absolute Gasteiger partial charge is 0.127 e. The van der Waals surface area contributed by atoms with Crippen LogP contribution in [0.5, 0.6) is 5.75 Å². The number of hydrogen-bond acceptors (Lipinski definition) is 4. The van der Waals surface area contributed by atoms with Crippen LogP contribution in [0, 0.1) is 0 Å². The van der Waals surface area contributed by atoms with Gasteiger partial charge in [-0.25, -0.2) is 0 Å². The summed E-state index contributed by atoms with van der Waals surface area (Å²) in [6.07, 6.45) is 2.54. The number of aliphatic carboxylic acids is 1. The van der Waals surface area contributed by atoms with E-state index < -0.39 is 5.97 Å². The second-order valence-electron chi connectivity index (χ2n) is 6.85. The van der Waals surface area contributed by atoms with Crippen LogP contribution in [0.1, 0.15) is 11.1 Å². The molecule has 3 aromatic carbocycles. The molecule has 154 valence electrons. The van der Waals surface area contributed by atoms with Gasteiger partial charge in [0, 0.05) is 21.0 Å². The highest BCUT2D eigenvalue weighted by molar-refractivity contribution is 7.14. The van der Waals surface area contributed by atoms with Gasteiger partial charge in [0.25, 0.3) is 0 Å². The van der Waals surface area contributed by atoms with Crippen molar-refractivity contribution in [2.75, 3.05) is 0 Å². The van der Waals surface area contributed by atoms with Gasteiger partial charge in [-0.2, -0.15) is 0 Å². The Balaban J connectivity index is 1.65. The summed E-state index contributed by atoms with van der Waals surface area (Å²) >= 11 is 7.95. The molecule has 1 aromatic heterocycles. The number of carbonyl (C=O) groups excluding carboxylic acids is 1. The summed E-state index contributed by atoms with van der Waals surface area (Å²) < 4.78 is 6.14. The summed E-state index contributed by atoms with van der Waals surface area (Å²) in [5, 5.41) is 13.3. The Morgan fingerprint density at radius 2 is 1.74 bits per heavy atom. The van der Waals surface area contributed by atoms with Crippen LogP contribution in [0.2, 0.25) is 5.02 Å². The van der Waals surface area contributed by atoms with Gasteiger partial charge >= 0.3 is 0 Å². The average Bonchev–Trinajstić information content (AvgIpc) is 3.27. The third-order valence-electron chi connectivity index (χ3n) is 4.72. The van der Waals surface area contributed by atoms with Crippen LogP contribution < -0.4 is 9.84 Å². The molecule has 0 spiro atoms. The topological polar surface area (TPSA) is 49.4 Å². The van der Waals surface area contributed by atoms with Crippen molar-refractivity contribution >= 4 is 35.0 Å². The second-order valence-corrected chi connectivity index (χ2v) is 8.21. The van der Waals surface area contributed by atoms with Gasteiger partial charge in [0.1, 0.15) is 12.4 Å². The Kier molecular flexibility index (Phi) is 6.51. The number of benzene rings is 3. The predicted molar refractivity (Wildman–Crippen MR) is 125 cm³/mol. The van der Waals surface area contributed by atoms with E-state index >= 15 is 0 Å². The van der Waals surface area contributed by atoms with E-state index in [1.807, 2.05) is 78.2 Å². The number of carboxylic acids is 1. The average molecular weight is 446 g/mol. The van der Waals surface area contributed by atoms with Crippen molar-refractivity contribution in [1.82, 2.24) is 0 Å².